The molecule has 30 heavy (non-hydrogen) atoms. The third kappa shape index (κ3) is 3.87. The van der Waals surface area contributed by atoms with Crippen LogP contribution in [0.3, 0.4) is 0 Å². The van der Waals surface area contributed by atoms with Crippen molar-refractivity contribution in [2.24, 2.45) is 0 Å². The predicted octanol–water partition coefficient (Wildman–Crippen LogP) is 6.56. The van der Waals surface area contributed by atoms with Crippen molar-refractivity contribution in [3.63, 3.8) is 0 Å². The van der Waals surface area contributed by atoms with Gasteiger partial charge in [-0.2, -0.15) is 0 Å². The van der Waals surface area contributed by atoms with Crippen LogP contribution in [0.15, 0.2) is 72.3 Å². The molecule has 4 rings (SSSR count). The fourth-order valence-electron chi connectivity index (χ4n) is 3.66. The molecule has 0 atom stereocenters. The number of allylic oxidation sites excluding steroid dienone is 2. The number of carboxylic acid groups (broad SMARTS) is 1. The fourth-order valence-corrected chi connectivity index (χ4v) is 3.66. The molecular formula is C25H18F2O3. The van der Waals surface area contributed by atoms with Gasteiger partial charge in [-0.25, -0.2) is 8.78 Å². The first kappa shape index (κ1) is 19.6. The summed E-state index contributed by atoms with van der Waals surface area (Å²) >= 11 is 0. The smallest absolute Gasteiger partial charge is 0.307 e. The van der Waals surface area contributed by atoms with Gasteiger partial charge >= 0.3 is 5.97 Å². The van der Waals surface area contributed by atoms with E-state index >= 15 is 0 Å². The molecule has 3 aromatic carbocycles. The highest BCUT2D eigenvalue weighted by Crippen LogP contribution is 2.45. The monoisotopic (exact) mass is 404 g/mol. The zero-order valence-corrected chi connectivity index (χ0v) is 16.2. The Bertz CT molecular complexity index is 1190. The number of para-hydroxylation sites is 1. The van der Waals surface area contributed by atoms with E-state index in [0.717, 1.165) is 11.6 Å². The average Bonchev–Trinajstić information content (AvgIpc) is 2.94. The first-order chi connectivity index (χ1) is 14.4. The van der Waals surface area contributed by atoms with Crippen molar-refractivity contribution < 1.29 is 23.4 Å². The predicted molar refractivity (Wildman–Crippen MR) is 112 cm³/mol. The van der Waals surface area contributed by atoms with Gasteiger partial charge in [-0.05, 0) is 71.2 Å². The van der Waals surface area contributed by atoms with Crippen molar-refractivity contribution in [1.29, 1.82) is 0 Å². The summed E-state index contributed by atoms with van der Waals surface area (Å²) in [7, 11) is 0. The molecule has 0 saturated heterocycles. The lowest BCUT2D eigenvalue weighted by atomic mass is 9.99. The van der Waals surface area contributed by atoms with Crippen molar-refractivity contribution in [3.8, 4) is 11.5 Å². The molecule has 3 aromatic rings. The Morgan fingerprint density at radius 1 is 1.00 bits per heavy atom. The molecular weight excluding hydrogens is 386 g/mol. The maximum atomic E-state index is 14.7. The molecule has 1 aliphatic rings. The summed E-state index contributed by atoms with van der Waals surface area (Å²) in [4.78, 5) is 11.3. The van der Waals surface area contributed by atoms with Gasteiger partial charge in [0.05, 0.1) is 6.42 Å². The van der Waals surface area contributed by atoms with E-state index in [2.05, 4.69) is 0 Å². The Morgan fingerprint density at radius 3 is 2.47 bits per heavy atom. The van der Waals surface area contributed by atoms with Gasteiger partial charge in [0.2, 0.25) is 0 Å². The van der Waals surface area contributed by atoms with E-state index in [9.17, 15) is 18.7 Å². The van der Waals surface area contributed by atoms with E-state index in [-0.39, 0.29) is 17.5 Å². The average molecular weight is 404 g/mol. The van der Waals surface area contributed by atoms with Crippen LogP contribution in [-0.4, -0.2) is 11.1 Å². The molecule has 0 bridgehead atoms. The number of fused-ring (bicyclic) bond motifs is 1. The van der Waals surface area contributed by atoms with E-state index in [0.29, 0.717) is 28.2 Å². The number of carbonyl (C=O) groups is 1. The molecule has 0 spiro atoms. The minimum Gasteiger partial charge on any atom is -0.481 e. The highest BCUT2D eigenvalue weighted by molar-refractivity contribution is 6.07. The molecule has 150 valence electrons. The summed E-state index contributed by atoms with van der Waals surface area (Å²) in [6.45, 7) is 1.73. The summed E-state index contributed by atoms with van der Waals surface area (Å²) in [5.41, 5.74) is 2.83. The normalized spacial score (nSPS) is 14.2. The lowest BCUT2D eigenvalue weighted by molar-refractivity contribution is -0.135. The molecule has 0 radical (unpaired) electrons. The highest BCUT2D eigenvalue weighted by Gasteiger charge is 2.28. The van der Waals surface area contributed by atoms with Gasteiger partial charge in [-0.1, -0.05) is 30.3 Å². The van der Waals surface area contributed by atoms with Crippen molar-refractivity contribution in [1.82, 2.24) is 0 Å². The van der Waals surface area contributed by atoms with Gasteiger partial charge in [-0.3, -0.25) is 4.79 Å². The largest absolute Gasteiger partial charge is 0.481 e. The molecule has 0 fully saturated rings. The van der Waals surface area contributed by atoms with E-state index < -0.39 is 17.6 Å². The molecule has 0 aromatic heterocycles. The van der Waals surface area contributed by atoms with Gasteiger partial charge in [0.1, 0.15) is 23.1 Å². The van der Waals surface area contributed by atoms with Crippen LogP contribution in [0.4, 0.5) is 8.78 Å². The lowest BCUT2D eigenvalue weighted by Gasteiger charge is -2.08. The number of hydrogen-bond donors (Lipinski definition) is 1. The number of rotatable bonds is 5. The second-order valence-corrected chi connectivity index (χ2v) is 7.03. The van der Waals surface area contributed by atoms with Gasteiger partial charge < -0.3 is 9.84 Å². The molecule has 1 aliphatic carbocycles. The van der Waals surface area contributed by atoms with Crippen LogP contribution in [0.1, 0.15) is 30.0 Å². The van der Waals surface area contributed by atoms with Crippen LogP contribution >= 0.6 is 0 Å². The Morgan fingerprint density at radius 2 is 1.73 bits per heavy atom. The van der Waals surface area contributed by atoms with Crippen molar-refractivity contribution in [3.05, 3.63) is 101 Å². The van der Waals surface area contributed by atoms with Crippen LogP contribution < -0.4 is 4.74 Å². The summed E-state index contributed by atoms with van der Waals surface area (Å²) in [6.07, 6.45) is 1.46. The third-order valence-electron chi connectivity index (χ3n) is 4.98. The quantitative estimate of drug-likeness (QED) is 0.524. The van der Waals surface area contributed by atoms with E-state index in [1.54, 1.807) is 13.0 Å². The Kier molecular flexibility index (Phi) is 5.19. The molecule has 0 unspecified atom stereocenters. The fraction of sp³-hybridized carbons (Fsp3) is 0.0800. The van der Waals surface area contributed by atoms with Gasteiger partial charge in [0, 0.05) is 11.6 Å². The summed E-state index contributed by atoms with van der Waals surface area (Å²) in [6, 6.07) is 18.6. The van der Waals surface area contributed by atoms with Crippen molar-refractivity contribution in [2.45, 2.75) is 13.3 Å². The number of aliphatic carboxylic acids is 1. The maximum Gasteiger partial charge on any atom is 0.307 e. The maximum absolute atomic E-state index is 14.7. The first-order valence-corrected chi connectivity index (χ1v) is 9.39. The van der Waals surface area contributed by atoms with E-state index in [1.807, 2.05) is 54.6 Å². The first-order valence-electron chi connectivity index (χ1n) is 9.39. The van der Waals surface area contributed by atoms with Gasteiger partial charge in [-0.15, -0.1) is 0 Å². The molecule has 0 amide bonds. The molecule has 0 aliphatic heterocycles. The Balaban J connectivity index is 1.77. The summed E-state index contributed by atoms with van der Waals surface area (Å²) in [5.74, 6) is -1.20. The number of halogens is 2. The van der Waals surface area contributed by atoms with E-state index in [4.69, 9.17) is 4.74 Å². The van der Waals surface area contributed by atoms with Crippen LogP contribution in [0.25, 0.3) is 17.2 Å². The number of benzene rings is 3. The number of carboxylic acids is 1. The topological polar surface area (TPSA) is 46.5 Å². The van der Waals surface area contributed by atoms with Crippen molar-refractivity contribution >= 4 is 23.2 Å². The van der Waals surface area contributed by atoms with Crippen molar-refractivity contribution in [2.75, 3.05) is 0 Å². The minimum absolute atomic E-state index is 0.222. The molecule has 0 heterocycles. The lowest BCUT2D eigenvalue weighted by Crippen LogP contribution is -1.98. The second-order valence-electron chi connectivity index (χ2n) is 7.03. The molecule has 1 N–H and O–H groups in total. The van der Waals surface area contributed by atoms with Crippen LogP contribution in [0.5, 0.6) is 11.5 Å². The van der Waals surface area contributed by atoms with E-state index in [1.165, 1.54) is 6.07 Å². The SMILES string of the molecule is CC1=C(CC(=O)O)c2cc(F)cc(F)c2/C1=C\c1cccc(Oc2ccccc2)c1. The molecule has 5 heteroatoms. The number of hydrogen-bond acceptors (Lipinski definition) is 2. The zero-order chi connectivity index (χ0) is 21.3. The van der Waals surface area contributed by atoms with Gasteiger partial charge in [0.15, 0.2) is 0 Å². The van der Waals surface area contributed by atoms with Crippen LogP contribution in [0, 0.1) is 11.6 Å². The third-order valence-corrected chi connectivity index (χ3v) is 4.98. The minimum atomic E-state index is -1.06. The second kappa shape index (κ2) is 7.95. The molecule has 0 saturated carbocycles. The molecule has 3 nitrogen and oxygen atoms in total. The summed E-state index contributed by atoms with van der Waals surface area (Å²) in [5, 5.41) is 9.25. The summed E-state index contributed by atoms with van der Waals surface area (Å²) < 4.78 is 34.4. The van der Waals surface area contributed by atoms with Crippen LogP contribution in [0.2, 0.25) is 0 Å². The Labute approximate surface area is 172 Å². The standard InChI is InChI=1S/C25H18F2O3/c1-15-20(14-24(28)29)22-12-17(26)13-23(27)25(22)21(15)11-16-6-5-9-19(10-16)30-18-7-3-2-4-8-18/h2-13H,14H2,1H3,(H,28,29)/b21-11-. The Hall–Kier alpha value is -3.73. The number of ether oxygens (including phenoxy) is 1. The van der Waals surface area contributed by atoms with Crippen LogP contribution in [-0.2, 0) is 4.79 Å². The highest BCUT2D eigenvalue weighted by atomic mass is 19.1. The van der Waals surface area contributed by atoms with Gasteiger partial charge in [0.25, 0.3) is 0 Å². The zero-order valence-electron chi connectivity index (χ0n) is 16.2.